The van der Waals surface area contributed by atoms with Crippen LogP contribution in [0.3, 0.4) is 0 Å². The van der Waals surface area contributed by atoms with Crippen molar-refractivity contribution in [1.82, 2.24) is 0 Å². The number of carbonyl (C=O) groups is 1. The van der Waals surface area contributed by atoms with E-state index in [1.54, 1.807) is 0 Å². The van der Waals surface area contributed by atoms with Crippen molar-refractivity contribution in [1.29, 1.82) is 0 Å². The molecule has 1 unspecified atom stereocenters. The Morgan fingerprint density at radius 3 is 2.67 bits per heavy atom. The summed E-state index contributed by atoms with van der Waals surface area (Å²) in [6.45, 7) is 2.66. The lowest BCUT2D eigenvalue weighted by molar-refractivity contribution is -0.138. The molecular weight excluding hydrogens is 194 g/mol. The molecule has 5 nitrogen and oxygen atoms in total. The Morgan fingerprint density at radius 1 is 1.47 bits per heavy atom. The first-order valence-corrected chi connectivity index (χ1v) is 5.35. The normalized spacial score (nSPS) is 13.9. The molecule has 0 bridgehead atoms. The number of carboxylic acid groups (broad SMARTS) is 1. The number of aliphatic carboxylic acids is 1. The van der Waals surface area contributed by atoms with Gasteiger partial charge in [-0.25, -0.2) is 0 Å². The maximum atomic E-state index is 10.4. The molecule has 0 spiro atoms. The molecule has 0 saturated heterocycles. The van der Waals surface area contributed by atoms with Gasteiger partial charge < -0.3 is 16.6 Å². The maximum absolute atomic E-state index is 10.4. The molecule has 0 aromatic rings. The van der Waals surface area contributed by atoms with Gasteiger partial charge >= 0.3 is 5.97 Å². The van der Waals surface area contributed by atoms with Gasteiger partial charge in [0.05, 0.1) is 5.84 Å². The topological polar surface area (TPSA) is 102 Å². The van der Waals surface area contributed by atoms with E-state index in [9.17, 15) is 4.79 Å². The number of hydrogen-bond donors (Lipinski definition) is 3. The number of nitrogens with two attached hydrogens (primary N) is 2. The molecule has 0 rings (SSSR count). The van der Waals surface area contributed by atoms with Crippen molar-refractivity contribution in [2.24, 2.45) is 16.5 Å². The van der Waals surface area contributed by atoms with Crippen LogP contribution < -0.4 is 11.5 Å². The largest absolute Gasteiger partial charge is 0.480 e. The molecule has 15 heavy (non-hydrogen) atoms. The van der Waals surface area contributed by atoms with Gasteiger partial charge in [0.1, 0.15) is 6.04 Å². The Labute approximate surface area is 90.6 Å². The van der Waals surface area contributed by atoms with Gasteiger partial charge in [0.2, 0.25) is 0 Å². The molecule has 0 aromatic carbocycles. The predicted octanol–water partition coefficient (Wildman–Crippen LogP) is 0.726. The summed E-state index contributed by atoms with van der Waals surface area (Å²) in [7, 11) is 0. The zero-order valence-electron chi connectivity index (χ0n) is 9.28. The van der Waals surface area contributed by atoms with E-state index in [4.69, 9.17) is 16.6 Å². The monoisotopic (exact) mass is 215 g/mol. The maximum Gasteiger partial charge on any atom is 0.320 e. The fourth-order valence-corrected chi connectivity index (χ4v) is 1.09. The summed E-state index contributed by atoms with van der Waals surface area (Å²) in [5, 5.41) is 8.52. The first kappa shape index (κ1) is 13.9. The fourth-order valence-electron chi connectivity index (χ4n) is 1.09. The number of aliphatic imine (C=N–C) groups is 1. The molecule has 5 N–H and O–H groups in total. The van der Waals surface area contributed by atoms with Crippen molar-refractivity contribution in [3.8, 4) is 0 Å². The highest BCUT2D eigenvalue weighted by Crippen LogP contribution is 1.97. The van der Waals surface area contributed by atoms with E-state index in [-0.39, 0.29) is 0 Å². The van der Waals surface area contributed by atoms with Crippen LogP contribution >= 0.6 is 0 Å². The minimum atomic E-state index is -0.960. The molecule has 0 amide bonds. The highest BCUT2D eigenvalue weighted by atomic mass is 16.4. The third kappa shape index (κ3) is 7.93. The Balaban J connectivity index is 3.55. The second-order valence-corrected chi connectivity index (χ2v) is 3.56. The minimum Gasteiger partial charge on any atom is -0.480 e. The first-order chi connectivity index (χ1) is 7.07. The molecule has 0 aromatic heterocycles. The summed E-state index contributed by atoms with van der Waals surface area (Å²) in [4.78, 5) is 14.5. The van der Waals surface area contributed by atoms with E-state index in [0.29, 0.717) is 25.2 Å². The zero-order chi connectivity index (χ0) is 11.7. The summed E-state index contributed by atoms with van der Waals surface area (Å²) in [6, 6.07) is -0.780. The van der Waals surface area contributed by atoms with E-state index < -0.39 is 12.0 Å². The summed E-state index contributed by atoms with van der Waals surface area (Å²) >= 11 is 0. The van der Waals surface area contributed by atoms with E-state index in [2.05, 4.69) is 11.9 Å². The van der Waals surface area contributed by atoms with E-state index >= 15 is 0 Å². The highest BCUT2D eigenvalue weighted by Gasteiger charge is 2.09. The van der Waals surface area contributed by atoms with Gasteiger partial charge in [0, 0.05) is 13.0 Å². The highest BCUT2D eigenvalue weighted by molar-refractivity contribution is 5.80. The van der Waals surface area contributed by atoms with Crippen molar-refractivity contribution in [3.63, 3.8) is 0 Å². The van der Waals surface area contributed by atoms with E-state index in [1.165, 1.54) is 0 Å². The molecule has 1 atom stereocenters. The second kappa shape index (κ2) is 8.23. The second-order valence-electron chi connectivity index (χ2n) is 3.56. The Kier molecular flexibility index (Phi) is 7.62. The average Bonchev–Trinajstić information content (AvgIpc) is 2.20. The van der Waals surface area contributed by atoms with Gasteiger partial charge in [0.25, 0.3) is 0 Å². The molecular formula is C10H21N3O2. The number of amidine groups is 1. The van der Waals surface area contributed by atoms with Crippen molar-refractivity contribution >= 4 is 11.8 Å². The summed E-state index contributed by atoms with van der Waals surface area (Å²) in [5.74, 6) is -0.307. The fraction of sp³-hybridized carbons (Fsp3) is 0.800. The van der Waals surface area contributed by atoms with E-state index in [1.807, 2.05) is 0 Å². The van der Waals surface area contributed by atoms with Gasteiger partial charge in [-0.1, -0.05) is 13.3 Å². The van der Waals surface area contributed by atoms with Crippen LogP contribution in [-0.4, -0.2) is 29.5 Å². The number of nitrogens with zero attached hydrogens (tertiary/aromatic N) is 1. The zero-order valence-corrected chi connectivity index (χ0v) is 9.28. The number of carboxylic acids is 1. The van der Waals surface area contributed by atoms with Gasteiger partial charge in [0.15, 0.2) is 0 Å². The standard InChI is InChI=1S/C10H21N3O2/c1-2-3-6-9(12)13-7-4-5-8(11)10(14)15/h8H,2-7,11H2,1H3,(H2,12,13)(H,14,15). The summed E-state index contributed by atoms with van der Waals surface area (Å²) in [5.41, 5.74) is 11.0. The third-order valence-corrected chi connectivity index (χ3v) is 2.09. The Morgan fingerprint density at radius 2 is 2.13 bits per heavy atom. The van der Waals surface area contributed by atoms with Gasteiger partial charge in [-0.15, -0.1) is 0 Å². The van der Waals surface area contributed by atoms with Crippen LogP contribution in [0.5, 0.6) is 0 Å². The van der Waals surface area contributed by atoms with Crippen molar-refractivity contribution in [2.75, 3.05) is 6.54 Å². The number of hydrogen-bond acceptors (Lipinski definition) is 3. The summed E-state index contributed by atoms with van der Waals surface area (Å²) < 4.78 is 0. The lowest BCUT2D eigenvalue weighted by atomic mass is 10.2. The third-order valence-electron chi connectivity index (χ3n) is 2.09. The van der Waals surface area contributed by atoms with Gasteiger partial charge in [-0.05, 0) is 19.3 Å². The molecule has 88 valence electrons. The Hall–Kier alpha value is -1.10. The lowest BCUT2D eigenvalue weighted by Gasteiger charge is -2.04. The molecule has 0 heterocycles. The number of rotatable bonds is 8. The van der Waals surface area contributed by atoms with Crippen LogP contribution in [-0.2, 0) is 4.79 Å². The van der Waals surface area contributed by atoms with Crippen LogP contribution in [0.1, 0.15) is 39.0 Å². The molecule has 0 aliphatic rings. The van der Waals surface area contributed by atoms with Crippen LogP contribution in [0.2, 0.25) is 0 Å². The molecule has 0 aliphatic heterocycles. The predicted molar refractivity (Wildman–Crippen MR) is 60.9 cm³/mol. The summed E-state index contributed by atoms with van der Waals surface area (Å²) in [6.07, 6.45) is 4.08. The van der Waals surface area contributed by atoms with Gasteiger partial charge in [-0.3, -0.25) is 9.79 Å². The number of unbranched alkanes of at least 4 members (excludes halogenated alkanes) is 1. The van der Waals surface area contributed by atoms with Crippen molar-refractivity contribution in [2.45, 2.75) is 45.1 Å². The Bertz CT molecular complexity index is 217. The average molecular weight is 215 g/mol. The first-order valence-electron chi connectivity index (χ1n) is 5.35. The quantitative estimate of drug-likeness (QED) is 0.315. The SMILES string of the molecule is CCCCC(N)=NCCCC(N)C(=O)O. The van der Waals surface area contributed by atoms with Crippen LogP contribution in [0.4, 0.5) is 0 Å². The smallest absolute Gasteiger partial charge is 0.320 e. The molecule has 5 heteroatoms. The molecule has 0 radical (unpaired) electrons. The van der Waals surface area contributed by atoms with Crippen molar-refractivity contribution in [3.05, 3.63) is 0 Å². The van der Waals surface area contributed by atoms with Gasteiger partial charge in [-0.2, -0.15) is 0 Å². The van der Waals surface area contributed by atoms with Crippen LogP contribution in [0.25, 0.3) is 0 Å². The van der Waals surface area contributed by atoms with Crippen LogP contribution in [0, 0.1) is 0 Å². The molecule has 0 saturated carbocycles. The molecule has 0 fully saturated rings. The van der Waals surface area contributed by atoms with E-state index in [0.717, 1.165) is 19.3 Å². The minimum absolute atomic E-state index is 0.444. The van der Waals surface area contributed by atoms with Crippen LogP contribution in [0.15, 0.2) is 4.99 Å². The molecule has 0 aliphatic carbocycles. The van der Waals surface area contributed by atoms with Crippen molar-refractivity contribution < 1.29 is 9.90 Å². The lowest BCUT2D eigenvalue weighted by Crippen LogP contribution is -2.30.